The molecular weight excluding hydrogens is 524 g/mol. The zero-order valence-electron chi connectivity index (χ0n) is 27.8. The summed E-state index contributed by atoms with van der Waals surface area (Å²) < 4.78 is 10.5. The summed E-state index contributed by atoms with van der Waals surface area (Å²) in [5.74, 6) is 0.988. The smallest absolute Gasteiger partial charge is 0.164 e. The van der Waals surface area contributed by atoms with Gasteiger partial charge in [0, 0.05) is 48.3 Å². The molecule has 1 aliphatic rings. The summed E-state index contributed by atoms with van der Waals surface area (Å²) in [7, 11) is 0. The maximum absolute atomic E-state index is 11.6. The fourth-order valence-electron chi connectivity index (χ4n) is 3.40. The topological polar surface area (TPSA) is 121 Å². The molecule has 1 aliphatic heterocycles. The van der Waals surface area contributed by atoms with Crippen molar-refractivity contribution in [3.8, 4) is 0 Å². The summed E-state index contributed by atoms with van der Waals surface area (Å²) in [6, 6.07) is 0. The molecule has 1 heterocycles. The summed E-state index contributed by atoms with van der Waals surface area (Å²) in [6.07, 6.45) is 2.51. The van der Waals surface area contributed by atoms with Crippen molar-refractivity contribution in [2.75, 3.05) is 13.2 Å². The van der Waals surface area contributed by atoms with Crippen molar-refractivity contribution < 1.29 is 38.2 Å². The van der Waals surface area contributed by atoms with E-state index in [9.17, 15) is 28.8 Å². The van der Waals surface area contributed by atoms with Crippen molar-refractivity contribution in [2.45, 2.75) is 127 Å². The monoisotopic (exact) mass is 582 g/mol. The van der Waals surface area contributed by atoms with E-state index in [0.29, 0.717) is 32.1 Å². The van der Waals surface area contributed by atoms with Crippen LogP contribution in [0.1, 0.15) is 115 Å². The van der Waals surface area contributed by atoms with Gasteiger partial charge in [-0.2, -0.15) is 0 Å². The van der Waals surface area contributed by atoms with Crippen LogP contribution in [-0.4, -0.2) is 60.1 Å². The van der Waals surface area contributed by atoms with E-state index in [1.54, 1.807) is 0 Å². The van der Waals surface area contributed by atoms with E-state index in [1.807, 2.05) is 83.1 Å². The Hall–Kier alpha value is -2.06. The second-order valence-corrected chi connectivity index (χ2v) is 12.6. The summed E-state index contributed by atoms with van der Waals surface area (Å²) in [6.45, 7) is 22.4. The van der Waals surface area contributed by atoms with Crippen molar-refractivity contribution in [3.63, 3.8) is 0 Å². The van der Waals surface area contributed by atoms with Crippen LogP contribution in [0, 0.1) is 35.5 Å². The van der Waals surface area contributed by atoms with Crippen molar-refractivity contribution in [2.24, 2.45) is 35.5 Å². The van der Waals surface area contributed by atoms with Crippen LogP contribution in [0.3, 0.4) is 0 Å². The van der Waals surface area contributed by atoms with Crippen molar-refractivity contribution in [1.82, 2.24) is 0 Å². The summed E-state index contributed by atoms with van der Waals surface area (Å²) in [5.41, 5.74) is 0. The molecule has 0 aliphatic carbocycles. The lowest BCUT2D eigenvalue weighted by Gasteiger charge is -2.15. The van der Waals surface area contributed by atoms with Crippen LogP contribution in [-0.2, 0) is 38.2 Å². The summed E-state index contributed by atoms with van der Waals surface area (Å²) in [5, 5.41) is 0. The van der Waals surface area contributed by atoms with Crippen LogP contribution in [0.2, 0.25) is 0 Å². The first-order valence-corrected chi connectivity index (χ1v) is 15.2. The summed E-state index contributed by atoms with van der Waals surface area (Å²) in [4.78, 5) is 67.8. The van der Waals surface area contributed by atoms with Gasteiger partial charge in [0.05, 0.1) is 0 Å². The van der Waals surface area contributed by atoms with Gasteiger partial charge in [-0.1, -0.05) is 83.1 Å². The molecule has 8 nitrogen and oxygen atoms in total. The average Bonchev–Trinajstić information content (AvgIpc) is 3.37. The van der Waals surface area contributed by atoms with Crippen LogP contribution in [0.15, 0.2) is 0 Å². The molecule has 238 valence electrons. The molecule has 0 N–H and O–H groups in total. The largest absolute Gasteiger partial charge is 0.366 e. The molecule has 0 saturated carbocycles. The second kappa shape index (κ2) is 21.6. The lowest BCUT2D eigenvalue weighted by Crippen LogP contribution is -2.30. The maximum Gasteiger partial charge on any atom is 0.164 e. The van der Waals surface area contributed by atoms with Crippen molar-refractivity contribution in [3.05, 3.63) is 0 Å². The molecule has 0 spiro atoms. The molecule has 41 heavy (non-hydrogen) atoms. The fourth-order valence-corrected chi connectivity index (χ4v) is 3.40. The summed E-state index contributed by atoms with van der Waals surface area (Å²) >= 11 is 0. The van der Waals surface area contributed by atoms with Gasteiger partial charge in [-0.05, 0) is 19.3 Å². The van der Waals surface area contributed by atoms with Gasteiger partial charge < -0.3 is 9.47 Å². The van der Waals surface area contributed by atoms with Crippen LogP contribution < -0.4 is 0 Å². The predicted octanol–water partition coefficient (Wildman–Crippen LogP) is 6.04. The Balaban J connectivity index is 0. The van der Waals surface area contributed by atoms with E-state index >= 15 is 0 Å². The van der Waals surface area contributed by atoms with Gasteiger partial charge in [-0.3, -0.25) is 28.8 Å². The number of ether oxygens (including phenoxy) is 2. The Morgan fingerprint density at radius 2 is 0.805 bits per heavy atom. The van der Waals surface area contributed by atoms with Gasteiger partial charge in [0.25, 0.3) is 0 Å². The van der Waals surface area contributed by atoms with E-state index < -0.39 is 0 Å². The van der Waals surface area contributed by atoms with Crippen LogP contribution in [0.5, 0.6) is 0 Å². The maximum atomic E-state index is 11.6. The number of carbonyl (C=O) groups excluding carboxylic acids is 6. The highest BCUT2D eigenvalue weighted by Gasteiger charge is 2.35. The third kappa shape index (κ3) is 18.9. The predicted molar refractivity (Wildman–Crippen MR) is 162 cm³/mol. The molecule has 8 heteroatoms. The van der Waals surface area contributed by atoms with E-state index in [-0.39, 0.29) is 95.6 Å². The van der Waals surface area contributed by atoms with Gasteiger partial charge in [0.2, 0.25) is 0 Å². The molecule has 1 rings (SSSR count). The zero-order valence-corrected chi connectivity index (χ0v) is 27.8. The lowest BCUT2D eigenvalue weighted by molar-refractivity contribution is -0.140. The number of Topliss-reactive ketones (excluding diaryl/α,β-unsaturated/α-hetero) is 6. The lowest BCUT2D eigenvalue weighted by atomic mass is 9.99. The van der Waals surface area contributed by atoms with Gasteiger partial charge in [-0.25, -0.2) is 0 Å². The van der Waals surface area contributed by atoms with E-state index in [2.05, 4.69) is 0 Å². The van der Waals surface area contributed by atoms with Gasteiger partial charge in [0.15, 0.2) is 23.1 Å². The van der Waals surface area contributed by atoms with Gasteiger partial charge in [0.1, 0.15) is 37.0 Å². The average molecular weight is 583 g/mol. The third-order valence-electron chi connectivity index (χ3n) is 6.70. The SMILES string of the molecule is CC(C)C(=O)C1CCC(C(=O)C(C)C)O1.CC(C)C(=O)CCCC(=O)C(C)C.CC(C)C(=O)COCC(=O)C(C)C. The number of ketones is 6. The molecule has 2 atom stereocenters. The van der Waals surface area contributed by atoms with Gasteiger partial charge >= 0.3 is 0 Å². The Bertz CT molecular complexity index is 728. The number of hydrogen-bond acceptors (Lipinski definition) is 8. The molecule has 1 fully saturated rings. The Morgan fingerprint density at radius 1 is 0.512 bits per heavy atom. The normalized spacial score (nSPS) is 16.5. The Labute approximate surface area is 249 Å². The minimum absolute atomic E-state index is 0.0112. The molecule has 0 aromatic rings. The van der Waals surface area contributed by atoms with E-state index in [0.717, 1.165) is 0 Å². The van der Waals surface area contributed by atoms with Crippen LogP contribution >= 0.6 is 0 Å². The first-order chi connectivity index (χ1) is 18.8. The number of carbonyl (C=O) groups is 6. The first kappa shape index (κ1) is 41.1. The standard InChI is InChI=1S/C12H20O3.C11H20O2.C10H18O3/c1-7(2)11(13)9-5-6-10(15-9)12(14)8(3)4;1-8(2)10(12)6-5-7-11(13)9(3)4;1-7(2)9(11)5-13-6-10(12)8(3)4/h7-10H,5-6H2,1-4H3;8-9H,5-7H2,1-4H3;7-8H,5-6H2,1-4H3. The Kier molecular flexibility index (Phi) is 21.7. The quantitative estimate of drug-likeness (QED) is 0.216. The fraction of sp³-hybridized carbons (Fsp3) is 0.818. The van der Waals surface area contributed by atoms with Crippen LogP contribution in [0.4, 0.5) is 0 Å². The second-order valence-electron chi connectivity index (χ2n) is 12.6. The van der Waals surface area contributed by atoms with Crippen molar-refractivity contribution >= 4 is 34.7 Å². The molecule has 2 unspecified atom stereocenters. The third-order valence-corrected chi connectivity index (χ3v) is 6.70. The number of hydrogen-bond donors (Lipinski definition) is 0. The number of rotatable bonds is 16. The molecule has 0 amide bonds. The molecule has 0 radical (unpaired) electrons. The minimum Gasteiger partial charge on any atom is -0.366 e. The van der Waals surface area contributed by atoms with E-state index in [1.165, 1.54) is 0 Å². The minimum atomic E-state index is -0.349. The first-order valence-electron chi connectivity index (χ1n) is 15.2. The Morgan fingerprint density at radius 3 is 1.05 bits per heavy atom. The highest BCUT2D eigenvalue weighted by atomic mass is 16.5. The van der Waals surface area contributed by atoms with Gasteiger partial charge in [-0.15, -0.1) is 0 Å². The molecule has 0 aromatic heterocycles. The van der Waals surface area contributed by atoms with Crippen molar-refractivity contribution in [1.29, 1.82) is 0 Å². The molecular formula is C33H58O8. The van der Waals surface area contributed by atoms with E-state index in [4.69, 9.17) is 9.47 Å². The molecule has 0 aromatic carbocycles. The highest BCUT2D eigenvalue weighted by molar-refractivity contribution is 5.88. The highest BCUT2D eigenvalue weighted by Crippen LogP contribution is 2.25. The zero-order chi connectivity index (χ0) is 32.4. The molecule has 1 saturated heterocycles. The molecule has 0 bridgehead atoms. The van der Waals surface area contributed by atoms with Crippen LogP contribution in [0.25, 0.3) is 0 Å².